The van der Waals surface area contributed by atoms with E-state index in [1.165, 1.54) is 0 Å². The van der Waals surface area contributed by atoms with Gasteiger partial charge in [-0.3, -0.25) is 0 Å². The molecule has 0 spiro atoms. The first-order valence-corrected chi connectivity index (χ1v) is 5.70. The van der Waals surface area contributed by atoms with Crippen molar-refractivity contribution in [2.75, 3.05) is 13.2 Å². The number of hydrogen-bond acceptors (Lipinski definition) is 2. The maximum atomic E-state index is 8.65. The largest absolute Gasteiger partial charge is 0.492 e. The summed E-state index contributed by atoms with van der Waals surface area (Å²) in [6.07, 6.45) is 2.68. The van der Waals surface area contributed by atoms with Gasteiger partial charge in [-0.25, -0.2) is 0 Å². The SMILES string of the molecule is CCCCOc1ccccc1C#CCCO. The molecule has 0 amide bonds. The van der Waals surface area contributed by atoms with E-state index in [1.54, 1.807) is 0 Å². The average Bonchev–Trinajstić information content (AvgIpc) is 2.32. The number of rotatable bonds is 5. The van der Waals surface area contributed by atoms with Crippen LogP contribution >= 0.6 is 0 Å². The molecule has 0 aromatic heterocycles. The Kier molecular flexibility index (Phi) is 6.13. The Morgan fingerprint density at radius 2 is 2.12 bits per heavy atom. The zero-order valence-electron chi connectivity index (χ0n) is 9.70. The van der Waals surface area contributed by atoms with Gasteiger partial charge in [-0.2, -0.15) is 0 Å². The minimum absolute atomic E-state index is 0.103. The van der Waals surface area contributed by atoms with Gasteiger partial charge in [0.15, 0.2) is 0 Å². The molecule has 0 saturated carbocycles. The minimum atomic E-state index is 0.103. The van der Waals surface area contributed by atoms with Crippen molar-refractivity contribution in [1.82, 2.24) is 0 Å². The Hall–Kier alpha value is -1.46. The standard InChI is InChI=1S/C14H18O2/c1-2-3-12-16-14-10-5-4-8-13(14)9-6-7-11-15/h4-5,8,10,15H,2-3,7,11-12H2,1H3. The zero-order chi connectivity index (χ0) is 11.6. The van der Waals surface area contributed by atoms with Gasteiger partial charge in [0.2, 0.25) is 0 Å². The van der Waals surface area contributed by atoms with Crippen LogP contribution < -0.4 is 4.74 Å². The quantitative estimate of drug-likeness (QED) is 0.608. The third kappa shape index (κ3) is 4.37. The van der Waals surface area contributed by atoms with Crippen LogP contribution in [0.3, 0.4) is 0 Å². The number of hydrogen-bond donors (Lipinski definition) is 1. The Balaban J connectivity index is 2.65. The summed E-state index contributed by atoms with van der Waals surface area (Å²) in [6, 6.07) is 7.75. The summed E-state index contributed by atoms with van der Waals surface area (Å²) in [5, 5.41) is 8.65. The maximum Gasteiger partial charge on any atom is 0.134 e. The normalized spacial score (nSPS) is 9.38. The van der Waals surface area contributed by atoms with Crippen LogP contribution in [0.15, 0.2) is 24.3 Å². The average molecular weight is 218 g/mol. The van der Waals surface area contributed by atoms with E-state index in [0.29, 0.717) is 6.42 Å². The Morgan fingerprint density at radius 1 is 1.31 bits per heavy atom. The van der Waals surface area contributed by atoms with Crippen LogP contribution in [0.2, 0.25) is 0 Å². The van der Waals surface area contributed by atoms with Crippen LogP contribution in [-0.4, -0.2) is 18.3 Å². The summed E-state index contributed by atoms with van der Waals surface area (Å²) >= 11 is 0. The van der Waals surface area contributed by atoms with Crippen LogP contribution in [-0.2, 0) is 0 Å². The Labute approximate surface area is 97.3 Å². The number of aliphatic hydroxyl groups is 1. The zero-order valence-corrected chi connectivity index (χ0v) is 9.70. The third-order valence-corrected chi connectivity index (χ3v) is 2.10. The first kappa shape index (κ1) is 12.6. The minimum Gasteiger partial charge on any atom is -0.492 e. The molecule has 2 nitrogen and oxygen atoms in total. The summed E-state index contributed by atoms with van der Waals surface area (Å²) in [5.41, 5.74) is 0.895. The molecule has 0 heterocycles. The molecule has 1 aromatic rings. The second-order valence-corrected chi connectivity index (χ2v) is 3.47. The van der Waals surface area contributed by atoms with Crippen LogP contribution in [0.4, 0.5) is 0 Å². The van der Waals surface area contributed by atoms with Gasteiger partial charge in [-0.05, 0) is 18.6 Å². The number of ether oxygens (including phenoxy) is 1. The van der Waals surface area contributed by atoms with Crippen LogP contribution in [0.5, 0.6) is 5.75 Å². The van der Waals surface area contributed by atoms with Gasteiger partial charge in [-0.15, -0.1) is 0 Å². The van der Waals surface area contributed by atoms with Gasteiger partial charge in [0.25, 0.3) is 0 Å². The Bertz CT molecular complexity index is 360. The number of unbranched alkanes of at least 4 members (excludes halogenated alkanes) is 1. The van der Waals surface area contributed by atoms with Gasteiger partial charge in [0, 0.05) is 6.42 Å². The summed E-state index contributed by atoms with van der Waals surface area (Å²) in [6.45, 7) is 2.97. The summed E-state index contributed by atoms with van der Waals surface area (Å²) in [7, 11) is 0. The maximum absolute atomic E-state index is 8.65. The number of benzene rings is 1. The van der Waals surface area contributed by atoms with Crippen molar-refractivity contribution in [3.8, 4) is 17.6 Å². The van der Waals surface area contributed by atoms with Crippen molar-refractivity contribution < 1.29 is 9.84 Å². The molecular formula is C14H18O2. The molecule has 86 valence electrons. The Morgan fingerprint density at radius 3 is 2.88 bits per heavy atom. The van der Waals surface area contributed by atoms with Gasteiger partial charge in [0.05, 0.1) is 18.8 Å². The summed E-state index contributed by atoms with van der Waals surface area (Å²) < 4.78 is 5.64. The van der Waals surface area contributed by atoms with E-state index in [-0.39, 0.29) is 6.61 Å². The van der Waals surface area contributed by atoms with E-state index in [1.807, 2.05) is 24.3 Å². The number of para-hydroxylation sites is 1. The van der Waals surface area contributed by atoms with Gasteiger partial charge in [0.1, 0.15) is 5.75 Å². The lowest BCUT2D eigenvalue weighted by Gasteiger charge is -2.06. The molecule has 0 bridgehead atoms. The van der Waals surface area contributed by atoms with Crippen molar-refractivity contribution in [3.63, 3.8) is 0 Å². The fraction of sp³-hybridized carbons (Fsp3) is 0.429. The summed E-state index contributed by atoms with van der Waals surface area (Å²) in [5.74, 6) is 6.74. The highest BCUT2D eigenvalue weighted by Gasteiger charge is 1.98. The lowest BCUT2D eigenvalue weighted by atomic mass is 10.2. The second-order valence-electron chi connectivity index (χ2n) is 3.47. The smallest absolute Gasteiger partial charge is 0.134 e. The lowest BCUT2D eigenvalue weighted by molar-refractivity contribution is 0.304. The van der Waals surface area contributed by atoms with Crippen LogP contribution in [0.25, 0.3) is 0 Å². The topological polar surface area (TPSA) is 29.5 Å². The highest BCUT2D eigenvalue weighted by molar-refractivity contribution is 5.45. The van der Waals surface area contributed by atoms with Crippen LogP contribution in [0, 0.1) is 11.8 Å². The predicted octanol–water partition coefficient (Wildman–Crippen LogP) is 2.60. The van der Waals surface area contributed by atoms with Crippen molar-refractivity contribution in [1.29, 1.82) is 0 Å². The van der Waals surface area contributed by atoms with Gasteiger partial charge < -0.3 is 9.84 Å². The second kappa shape index (κ2) is 7.78. The van der Waals surface area contributed by atoms with Crippen LogP contribution in [0.1, 0.15) is 31.7 Å². The predicted molar refractivity (Wildman–Crippen MR) is 65.4 cm³/mol. The highest BCUT2D eigenvalue weighted by Crippen LogP contribution is 2.16. The van der Waals surface area contributed by atoms with E-state index in [4.69, 9.17) is 9.84 Å². The first-order valence-electron chi connectivity index (χ1n) is 5.70. The lowest BCUT2D eigenvalue weighted by Crippen LogP contribution is -1.98. The van der Waals surface area contributed by atoms with Gasteiger partial charge >= 0.3 is 0 Å². The number of aliphatic hydroxyl groups excluding tert-OH is 1. The molecule has 0 aliphatic carbocycles. The molecule has 1 aromatic carbocycles. The molecule has 1 rings (SSSR count). The molecule has 0 aliphatic heterocycles. The van der Waals surface area contributed by atoms with Crippen molar-refractivity contribution in [2.24, 2.45) is 0 Å². The van der Waals surface area contributed by atoms with Crippen molar-refractivity contribution >= 4 is 0 Å². The van der Waals surface area contributed by atoms with E-state index in [9.17, 15) is 0 Å². The van der Waals surface area contributed by atoms with E-state index < -0.39 is 0 Å². The molecule has 0 aliphatic rings. The fourth-order valence-corrected chi connectivity index (χ4v) is 1.24. The third-order valence-electron chi connectivity index (χ3n) is 2.10. The monoisotopic (exact) mass is 218 g/mol. The van der Waals surface area contributed by atoms with Crippen molar-refractivity contribution in [2.45, 2.75) is 26.2 Å². The molecule has 0 atom stereocenters. The molecular weight excluding hydrogens is 200 g/mol. The van der Waals surface area contributed by atoms with E-state index >= 15 is 0 Å². The van der Waals surface area contributed by atoms with E-state index in [2.05, 4.69) is 18.8 Å². The molecule has 0 radical (unpaired) electrons. The summed E-state index contributed by atoms with van der Waals surface area (Å²) in [4.78, 5) is 0. The first-order chi connectivity index (χ1) is 7.88. The molecule has 1 N–H and O–H groups in total. The fourth-order valence-electron chi connectivity index (χ4n) is 1.24. The van der Waals surface area contributed by atoms with Gasteiger partial charge in [-0.1, -0.05) is 37.3 Å². The molecule has 0 fully saturated rings. The van der Waals surface area contributed by atoms with E-state index in [0.717, 1.165) is 30.8 Å². The van der Waals surface area contributed by atoms with Crippen molar-refractivity contribution in [3.05, 3.63) is 29.8 Å². The molecule has 0 saturated heterocycles. The molecule has 2 heteroatoms. The molecule has 0 unspecified atom stereocenters. The highest BCUT2D eigenvalue weighted by atomic mass is 16.5. The molecule has 16 heavy (non-hydrogen) atoms.